The molecule has 0 aliphatic carbocycles. The number of nitrogens with zero attached hydrogens (tertiary/aromatic N) is 2. The van der Waals surface area contributed by atoms with Crippen LogP contribution in [0.15, 0.2) is 75.9 Å². The van der Waals surface area contributed by atoms with Gasteiger partial charge in [0.25, 0.3) is 5.91 Å². The number of hydrogen-bond acceptors (Lipinski definition) is 6. The van der Waals surface area contributed by atoms with Gasteiger partial charge in [-0.2, -0.15) is 0 Å². The fraction of sp³-hybridized carbons (Fsp3) is 0.200. The largest absolute Gasteiger partial charge is 0.489 e. The Morgan fingerprint density at radius 2 is 1.88 bits per heavy atom. The van der Waals surface area contributed by atoms with Crippen molar-refractivity contribution >= 4 is 11.6 Å². The average Bonchev–Trinajstić information content (AvgIpc) is 3.44. The van der Waals surface area contributed by atoms with E-state index in [4.69, 9.17) is 13.7 Å². The summed E-state index contributed by atoms with van der Waals surface area (Å²) in [6, 6.07) is 19.0. The molecule has 0 spiro atoms. The van der Waals surface area contributed by atoms with Crippen molar-refractivity contribution in [1.82, 2.24) is 10.1 Å². The zero-order chi connectivity index (χ0) is 22.1. The first-order valence-corrected chi connectivity index (χ1v) is 10.4. The molecule has 0 unspecified atom stereocenters. The van der Waals surface area contributed by atoms with Crippen LogP contribution in [0.3, 0.4) is 0 Å². The molecule has 7 nitrogen and oxygen atoms in total. The number of ether oxygens (including phenoxy) is 1. The molecular formula is C25H23N3O4. The minimum Gasteiger partial charge on any atom is -0.489 e. The number of carbonyl (C=O) groups is 1. The molecule has 7 heteroatoms. The lowest BCUT2D eigenvalue weighted by Gasteiger charge is -2.37. The molecule has 0 saturated heterocycles. The predicted molar refractivity (Wildman–Crippen MR) is 118 cm³/mol. The molecule has 0 fully saturated rings. The molecule has 0 radical (unpaired) electrons. The van der Waals surface area contributed by atoms with Gasteiger partial charge in [-0.05, 0) is 55.8 Å². The Bertz CT molecular complexity index is 1210. The quantitative estimate of drug-likeness (QED) is 0.452. The van der Waals surface area contributed by atoms with Crippen molar-refractivity contribution in [2.45, 2.75) is 33.2 Å². The monoisotopic (exact) mass is 429 g/mol. The highest BCUT2D eigenvalue weighted by molar-refractivity contribution is 6.01. The zero-order valence-electron chi connectivity index (χ0n) is 17.9. The van der Waals surface area contributed by atoms with Gasteiger partial charge in [-0.25, -0.2) is 0 Å². The summed E-state index contributed by atoms with van der Waals surface area (Å²) in [4.78, 5) is 15.1. The number of furan rings is 1. The van der Waals surface area contributed by atoms with Gasteiger partial charge in [0.2, 0.25) is 0 Å². The number of amides is 1. The molecule has 1 aliphatic heterocycles. The van der Waals surface area contributed by atoms with E-state index in [0.717, 1.165) is 39.8 Å². The second-order valence-electron chi connectivity index (χ2n) is 7.77. The third-order valence-corrected chi connectivity index (χ3v) is 5.69. The fourth-order valence-electron chi connectivity index (χ4n) is 3.90. The summed E-state index contributed by atoms with van der Waals surface area (Å²) in [5.74, 6) is 2.17. The Hall–Kier alpha value is -4.00. The fourth-order valence-corrected chi connectivity index (χ4v) is 3.90. The molecule has 1 aliphatic rings. The van der Waals surface area contributed by atoms with Gasteiger partial charge < -0.3 is 23.9 Å². The van der Waals surface area contributed by atoms with Crippen molar-refractivity contribution in [3.8, 4) is 5.75 Å². The molecule has 162 valence electrons. The number of para-hydroxylation sites is 1. The number of rotatable bonds is 6. The van der Waals surface area contributed by atoms with Crippen LogP contribution >= 0.6 is 0 Å². The van der Waals surface area contributed by atoms with Gasteiger partial charge in [0.1, 0.15) is 30.0 Å². The van der Waals surface area contributed by atoms with Crippen molar-refractivity contribution in [3.63, 3.8) is 0 Å². The van der Waals surface area contributed by atoms with Crippen LogP contribution in [-0.2, 0) is 13.2 Å². The van der Waals surface area contributed by atoms with E-state index < -0.39 is 0 Å². The maximum atomic E-state index is 13.3. The standard InChI is InChI=1S/C25H23N3O4/c1-16-22(17(2)32-27-16)15-31-19-11-9-18(10-12-19)24-26-23-8-4-3-7-21(23)25(29)28(24)14-20-6-5-13-30-20/h3-13,24,26H,14-15H2,1-2H3/t24-/m0/s1. The van der Waals surface area contributed by atoms with Gasteiger partial charge in [-0.15, -0.1) is 0 Å². The average molecular weight is 429 g/mol. The Morgan fingerprint density at radius 3 is 2.59 bits per heavy atom. The van der Waals surface area contributed by atoms with Crippen molar-refractivity contribution < 1.29 is 18.5 Å². The SMILES string of the molecule is Cc1noc(C)c1COc1ccc([C@H]2Nc3ccccc3C(=O)N2Cc2ccco2)cc1. The smallest absolute Gasteiger partial charge is 0.258 e. The molecule has 1 atom stereocenters. The lowest BCUT2D eigenvalue weighted by atomic mass is 10.0. The predicted octanol–water partition coefficient (Wildman–Crippen LogP) is 5.23. The van der Waals surface area contributed by atoms with E-state index in [-0.39, 0.29) is 12.1 Å². The summed E-state index contributed by atoms with van der Waals surface area (Å²) in [5.41, 5.74) is 4.20. The number of hydrogen-bond donors (Lipinski definition) is 1. The van der Waals surface area contributed by atoms with Gasteiger partial charge in [-0.3, -0.25) is 4.79 Å². The zero-order valence-corrected chi connectivity index (χ0v) is 17.9. The number of fused-ring (bicyclic) bond motifs is 1. The van der Waals surface area contributed by atoms with Crippen LogP contribution in [0.2, 0.25) is 0 Å². The summed E-state index contributed by atoms with van der Waals surface area (Å²) in [6.07, 6.45) is 1.28. The van der Waals surface area contributed by atoms with Gasteiger partial charge in [-0.1, -0.05) is 29.4 Å². The number of nitrogens with one attached hydrogen (secondary N) is 1. The van der Waals surface area contributed by atoms with Crippen molar-refractivity contribution in [1.29, 1.82) is 0 Å². The van der Waals surface area contributed by atoms with E-state index in [1.165, 1.54) is 0 Å². The summed E-state index contributed by atoms with van der Waals surface area (Å²) in [6.45, 7) is 4.52. The van der Waals surface area contributed by atoms with Crippen molar-refractivity contribution in [3.05, 3.63) is 101 Å². The third kappa shape index (κ3) is 3.73. The number of anilines is 1. The molecule has 1 amide bonds. The number of carbonyl (C=O) groups excluding carboxylic acids is 1. The van der Waals surface area contributed by atoms with Crippen LogP contribution in [0, 0.1) is 13.8 Å². The number of aromatic nitrogens is 1. The maximum absolute atomic E-state index is 13.3. The molecule has 32 heavy (non-hydrogen) atoms. The Labute approximate surface area is 185 Å². The normalized spacial score (nSPS) is 15.4. The first-order valence-electron chi connectivity index (χ1n) is 10.4. The van der Waals surface area contributed by atoms with E-state index in [9.17, 15) is 4.79 Å². The van der Waals surface area contributed by atoms with Crippen LogP contribution in [0.5, 0.6) is 5.75 Å². The molecule has 2 aromatic carbocycles. The minimum atomic E-state index is -0.334. The topological polar surface area (TPSA) is 80.7 Å². The van der Waals surface area contributed by atoms with Crippen LogP contribution in [0.1, 0.15) is 44.9 Å². The van der Waals surface area contributed by atoms with Gasteiger partial charge in [0, 0.05) is 5.69 Å². The molecule has 4 aromatic rings. The minimum absolute atomic E-state index is 0.0421. The first kappa shape index (κ1) is 19.9. The summed E-state index contributed by atoms with van der Waals surface area (Å²) in [5, 5.41) is 7.46. The van der Waals surface area contributed by atoms with E-state index >= 15 is 0 Å². The highest BCUT2D eigenvalue weighted by Gasteiger charge is 2.33. The lowest BCUT2D eigenvalue weighted by Crippen LogP contribution is -2.42. The second kappa shape index (κ2) is 8.26. The Balaban J connectivity index is 1.39. The molecule has 2 aromatic heterocycles. The summed E-state index contributed by atoms with van der Waals surface area (Å²) >= 11 is 0. The Kier molecular flexibility index (Phi) is 5.15. The molecule has 3 heterocycles. The highest BCUT2D eigenvalue weighted by atomic mass is 16.5. The molecule has 0 saturated carbocycles. The number of aryl methyl sites for hydroxylation is 2. The van der Waals surface area contributed by atoms with Crippen molar-refractivity contribution in [2.24, 2.45) is 0 Å². The summed E-state index contributed by atoms with van der Waals surface area (Å²) in [7, 11) is 0. The van der Waals surface area contributed by atoms with E-state index in [0.29, 0.717) is 18.7 Å². The summed E-state index contributed by atoms with van der Waals surface area (Å²) < 4.78 is 16.6. The Morgan fingerprint density at radius 1 is 1.06 bits per heavy atom. The van der Waals surface area contributed by atoms with Gasteiger partial charge >= 0.3 is 0 Å². The number of benzene rings is 2. The maximum Gasteiger partial charge on any atom is 0.258 e. The lowest BCUT2D eigenvalue weighted by molar-refractivity contribution is 0.0651. The van der Waals surface area contributed by atoms with E-state index in [2.05, 4.69) is 10.5 Å². The first-order chi connectivity index (χ1) is 15.6. The van der Waals surface area contributed by atoms with Crippen LogP contribution in [0.4, 0.5) is 5.69 Å². The second-order valence-corrected chi connectivity index (χ2v) is 7.77. The van der Waals surface area contributed by atoms with Crippen LogP contribution in [-0.4, -0.2) is 16.0 Å². The highest BCUT2D eigenvalue weighted by Crippen LogP contribution is 2.34. The van der Waals surface area contributed by atoms with Gasteiger partial charge in [0.15, 0.2) is 0 Å². The molecule has 5 rings (SSSR count). The van der Waals surface area contributed by atoms with Crippen molar-refractivity contribution in [2.75, 3.05) is 5.32 Å². The van der Waals surface area contributed by atoms with Crippen LogP contribution < -0.4 is 10.1 Å². The van der Waals surface area contributed by atoms with Gasteiger partial charge in [0.05, 0.1) is 29.6 Å². The molecule has 0 bridgehead atoms. The molecule has 1 N–H and O–H groups in total. The van der Waals surface area contributed by atoms with Crippen LogP contribution in [0.25, 0.3) is 0 Å². The molecular weight excluding hydrogens is 406 g/mol. The van der Waals surface area contributed by atoms with E-state index in [1.54, 1.807) is 11.2 Å². The third-order valence-electron chi connectivity index (χ3n) is 5.69. The van der Waals surface area contributed by atoms with E-state index in [1.807, 2.05) is 74.5 Å².